The second-order valence-electron chi connectivity index (χ2n) is 5.44. The quantitative estimate of drug-likeness (QED) is 0.648. The summed E-state index contributed by atoms with van der Waals surface area (Å²) in [6.07, 6.45) is 5.45. The number of hydrogen-bond donors (Lipinski definition) is 2. The average molecular weight is 365 g/mol. The van der Waals surface area contributed by atoms with Crippen molar-refractivity contribution < 1.29 is 14.2 Å². The molecule has 0 radical (unpaired) electrons. The lowest BCUT2D eigenvalue weighted by Gasteiger charge is -2.14. The van der Waals surface area contributed by atoms with Crippen LogP contribution in [-0.2, 0) is 0 Å². The molecule has 1 aromatic heterocycles. The second kappa shape index (κ2) is 7.58. The minimum Gasteiger partial charge on any atom is -0.493 e. The number of terminal acetylenes is 1. The first kappa shape index (κ1) is 17.9. The number of ether oxygens (including phenoxy) is 3. The van der Waals surface area contributed by atoms with Crippen LogP contribution in [0.5, 0.6) is 17.2 Å². The first-order valence-corrected chi connectivity index (χ1v) is 7.96. The first-order chi connectivity index (χ1) is 13.1. The minimum atomic E-state index is 0.221. The molecule has 138 valence electrons. The van der Waals surface area contributed by atoms with Gasteiger partial charge in [-0.3, -0.25) is 0 Å². The topological polar surface area (TPSA) is 96.5 Å². The van der Waals surface area contributed by atoms with Gasteiger partial charge in [0.05, 0.1) is 27.0 Å². The summed E-state index contributed by atoms with van der Waals surface area (Å²) < 4.78 is 17.5. The molecule has 0 aliphatic heterocycles. The number of rotatable bonds is 6. The Balaban J connectivity index is 1.94. The number of benzene rings is 2. The van der Waals surface area contributed by atoms with Crippen LogP contribution in [0.25, 0.3) is 5.69 Å². The molecule has 0 bridgehead atoms. The van der Waals surface area contributed by atoms with E-state index in [1.54, 1.807) is 39.5 Å². The highest BCUT2D eigenvalue weighted by Gasteiger charge is 2.15. The highest BCUT2D eigenvalue weighted by Crippen LogP contribution is 2.40. The van der Waals surface area contributed by atoms with E-state index in [4.69, 9.17) is 26.4 Å². The number of nitrogen functional groups attached to an aromatic ring is 1. The molecule has 2 aromatic carbocycles. The number of nitrogens with zero attached hydrogens (tertiary/aromatic N) is 3. The number of nitrogens with one attached hydrogen (secondary N) is 1. The summed E-state index contributed by atoms with van der Waals surface area (Å²) in [4.78, 5) is 4.25. The Kier molecular flexibility index (Phi) is 5.04. The predicted molar refractivity (Wildman–Crippen MR) is 103 cm³/mol. The summed E-state index contributed by atoms with van der Waals surface area (Å²) in [5.74, 6) is 4.63. The van der Waals surface area contributed by atoms with Gasteiger partial charge in [0.2, 0.25) is 17.6 Å². The molecule has 0 fully saturated rings. The fraction of sp³-hybridized carbons (Fsp3) is 0.158. The molecule has 27 heavy (non-hydrogen) atoms. The van der Waals surface area contributed by atoms with Crippen molar-refractivity contribution in [2.45, 2.75) is 0 Å². The molecule has 0 amide bonds. The minimum absolute atomic E-state index is 0.221. The van der Waals surface area contributed by atoms with Crippen molar-refractivity contribution in [2.24, 2.45) is 0 Å². The van der Waals surface area contributed by atoms with Gasteiger partial charge in [0.25, 0.3) is 0 Å². The Morgan fingerprint density at radius 3 is 2.37 bits per heavy atom. The van der Waals surface area contributed by atoms with Crippen LogP contribution in [0.4, 0.5) is 17.6 Å². The predicted octanol–water partition coefficient (Wildman–Crippen LogP) is 2.60. The molecule has 0 aliphatic rings. The number of hydrogen-bond acceptors (Lipinski definition) is 7. The van der Waals surface area contributed by atoms with Crippen molar-refractivity contribution >= 4 is 17.6 Å². The zero-order valence-electron chi connectivity index (χ0n) is 15.2. The Labute approximate surface area is 156 Å². The van der Waals surface area contributed by atoms with E-state index in [-0.39, 0.29) is 5.95 Å². The van der Waals surface area contributed by atoms with Crippen LogP contribution in [0.3, 0.4) is 0 Å². The van der Waals surface area contributed by atoms with Crippen molar-refractivity contribution in [1.82, 2.24) is 14.8 Å². The molecular formula is C19H19N5O3. The summed E-state index contributed by atoms with van der Waals surface area (Å²) in [6, 6.07) is 10.8. The van der Waals surface area contributed by atoms with Crippen molar-refractivity contribution in [2.75, 3.05) is 32.4 Å². The Morgan fingerprint density at radius 1 is 1.07 bits per heavy atom. The monoisotopic (exact) mass is 365 g/mol. The molecule has 0 unspecified atom stereocenters. The van der Waals surface area contributed by atoms with Crippen LogP contribution in [0, 0.1) is 12.3 Å². The number of anilines is 3. The van der Waals surface area contributed by atoms with E-state index in [2.05, 4.69) is 21.3 Å². The number of methoxy groups -OCH3 is 3. The molecule has 0 atom stereocenters. The first-order valence-electron chi connectivity index (χ1n) is 7.96. The van der Waals surface area contributed by atoms with E-state index in [1.165, 1.54) is 4.68 Å². The summed E-state index contributed by atoms with van der Waals surface area (Å²) in [5, 5.41) is 7.48. The van der Waals surface area contributed by atoms with E-state index in [0.29, 0.717) is 34.6 Å². The summed E-state index contributed by atoms with van der Waals surface area (Å²) in [7, 11) is 4.64. The Morgan fingerprint density at radius 2 is 1.78 bits per heavy atom. The highest BCUT2D eigenvalue weighted by atomic mass is 16.5. The lowest BCUT2D eigenvalue weighted by molar-refractivity contribution is 0.324. The molecule has 0 aliphatic carbocycles. The standard InChI is InChI=1S/C19H19N5O3/c1-5-12-7-6-8-14(9-12)24-18(20)22-19(23-24)21-13-10-15(25-2)17(27-4)16(11-13)26-3/h1,6-11H,2-4H3,(H3,20,21,22,23). The van der Waals surface area contributed by atoms with E-state index >= 15 is 0 Å². The molecule has 3 N–H and O–H groups in total. The molecule has 0 spiro atoms. The molecule has 1 heterocycles. The zero-order chi connectivity index (χ0) is 19.4. The molecule has 8 heteroatoms. The number of nitrogens with two attached hydrogens (primary N) is 1. The molecule has 0 saturated carbocycles. The fourth-order valence-corrected chi connectivity index (χ4v) is 2.58. The van der Waals surface area contributed by atoms with Gasteiger partial charge in [0, 0.05) is 23.4 Å². The van der Waals surface area contributed by atoms with Gasteiger partial charge in [0.1, 0.15) is 0 Å². The van der Waals surface area contributed by atoms with Gasteiger partial charge in [-0.15, -0.1) is 11.5 Å². The Bertz CT molecular complexity index is 982. The van der Waals surface area contributed by atoms with E-state index in [0.717, 1.165) is 5.56 Å². The van der Waals surface area contributed by atoms with E-state index in [1.807, 2.05) is 18.2 Å². The van der Waals surface area contributed by atoms with Gasteiger partial charge in [-0.2, -0.15) is 9.67 Å². The third-order valence-electron chi connectivity index (χ3n) is 3.81. The van der Waals surface area contributed by atoms with Gasteiger partial charge >= 0.3 is 0 Å². The Hall–Kier alpha value is -3.86. The van der Waals surface area contributed by atoms with Crippen molar-refractivity contribution in [3.05, 3.63) is 42.0 Å². The maximum atomic E-state index is 6.00. The lowest BCUT2D eigenvalue weighted by Crippen LogP contribution is -2.02. The van der Waals surface area contributed by atoms with Gasteiger partial charge < -0.3 is 25.3 Å². The molecule has 3 rings (SSSR count). The maximum Gasteiger partial charge on any atom is 0.248 e. The molecule has 8 nitrogen and oxygen atoms in total. The van der Waals surface area contributed by atoms with Gasteiger partial charge in [-0.1, -0.05) is 12.0 Å². The summed E-state index contributed by atoms with van der Waals surface area (Å²) in [5.41, 5.74) is 8.10. The molecule has 3 aromatic rings. The van der Waals surface area contributed by atoms with Gasteiger partial charge in [-0.25, -0.2) is 0 Å². The van der Waals surface area contributed by atoms with Crippen LogP contribution >= 0.6 is 0 Å². The van der Waals surface area contributed by atoms with Crippen LogP contribution in [0.2, 0.25) is 0 Å². The van der Waals surface area contributed by atoms with Crippen molar-refractivity contribution in [1.29, 1.82) is 0 Å². The van der Waals surface area contributed by atoms with Crippen molar-refractivity contribution in [3.63, 3.8) is 0 Å². The lowest BCUT2D eigenvalue weighted by atomic mass is 10.2. The normalized spacial score (nSPS) is 10.1. The highest BCUT2D eigenvalue weighted by molar-refractivity contribution is 5.66. The van der Waals surface area contributed by atoms with Gasteiger partial charge in [-0.05, 0) is 18.2 Å². The van der Waals surface area contributed by atoms with Crippen LogP contribution < -0.4 is 25.3 Å². The molecule has 0 saturated heterocycles. The molecular weight excluding hydrogens is 346 g/mol. The van der Waals surface area contributed by atoms with E-state index < -0.39 is 0 Å². The summed E-state index contributed by atoms with van der Waals surface area (Å²) in [6.45, 7) is 0. The van der Waals surface area contributed by atoms with Crippen LogP contribution in [0.1, 0.15) is 5.56 Å². The fourth-order valence-electron chi connectivity index (χ4n) is 2.58. The second-order valence-corrected chi connectivity index (χ2v) is 5.44. The van der Waals surface area contributed by atoms with Crippen LogP contribution in [0.15, 0.2) is 36.4 Å². The average Bonchev–Trinajstić information content (AvgIpc) is 3.07. The van der Waals surface area contributed by atoms with Gasteiger partial charge in [0.15, 0.2) is 11.5 Å². The smallest absolute Gasteiger partial charge is 0.248 e. The third kappa shape index (κ3) is 3.57. The van der Waals surface area contributed by atoms with Crippen molar-refractivity contribution in [3.8, 4) is 35.3 Å². The number of aromatic nitrogens is 3. The zero-order valence-corrected chi connectivity index (χ0v) is 15.2. The summed E-state index contributed by atoms with van der Waals surface area (Å²) >= 11 is 0. The SMILES string of the molecule is C#Cc1cccc(-n2nc(Nc3cc(OC)c(OC)c(OC)c3)nc2N)c1. The largest absolute Gasteiger partial charge is 0.493 e. The maximum absolute atomic E-state index is 6.00. The van der Waals surface area contributed by atoms with E-state index in [9.17, 15) is 0 Å². The van der Waals surface area contributed by atoms with Crippen LogP contribution in [-0.4, -0.2) is 36.1 Å². The third-order valence-corrected chi connectivity index (χ3v) is 3.81.